The summed E-state index contributed by atoms with van der Waals surface area (Å²) in [7, 11) is 1.30. The first-order chi connectivity index (χ1) is 36.5. The number of rotatable bonds is 17. The predicted molar refractivity (Wildman–Crippen MR) is 285 cm³/mol. The number of alkyl carbamates (subject to hydrolysis) is 3. The van der Waals surface area contributed by atoms with E-state index < -0.39 is 156 Å². The van der Waals surface area contributed by atoms with Crippen LogP contribution in [0.2, 0.25) is 0 Å². The number of nitrogens with one attached hydrogen (secondary N) is 5. The van der Waals surface area contributed by atoms with Crippen LogP contribution in [0, 0.1) is 5.92 Å². The van der Waals surface area contributed by atoms with Gasteiger partial charge in [0.1, 0.15) is 69.9 Å². The third kappa shape index (κ3) is 21.4. The average molecular weight is 1150 g/mol. The summed E-state index contributed by atoms with van der Waals surface area (Å²) < 4.78 is 52.8. The first-order valence-electron chi connectivity index (χ1n) is 27.1. The number of hydrogen-bond acceptors (Lipinski definition) is 21. The van der Waals surface area contributed by atoms with Crippen molar-refractivity contribution in [3.8, 4) is 0 Å². The number of nitrogens with zero attached hydrogens (tertiary/aromatic N) is 2. The SMILES string of the molecule is CN(C(=O)OC(C)(C)C)[C@@H]1[C@@H](O)[C@@H](O[C@@H]2[C@@H](O)[C@H](O[C@H]3OC(CNCC(O)CCNC(=O)OC(C)(C)C)=CC[C@H]3NC(=O)OC(C)(C)C)[C@@H](NC(=O)OC(C)(C)C)C[C@H]2NC(=O)C(O)C2CN(C(=O)OC(C)(C)C)C2)OC[C@]1(C)O. The van der Waals surface area contributed by atoms with E-state index in [1.807, 2.05) is 0 Å². The molecule has 27 heteroatoms. The second-order valence-corrected chi connectivity index (χ2v) is 26.1. The molecule has 3 fully saturated rings. The van der Waals surface area contributed by atoms with Gasteiger partial charge in [0.05, 0.1) is 43.4 Å². The van der Waals surface area contributed by atoms with E-state index in [1.54, 1.807) is 110 Å². The molecule has 10 N–H and O–H groups in total. The Labute approximate surface area is 469 Å². The minimum atomic E-state index is -1.94. The number of ether oxygens (including phenoxy) is 9. The largest absolute Gasteiger partial charge is 0.466 e. The van der Waals surface area contributed by atoms with Gasteiger partial charge in [-0.05, 0) is 136 Å². The minimum absolute atomic E-state index is 0.0146. The van der Waals surface area contributed by atoms with Gasteiger partial charge in [0, 0.05) is 39.1 Å². The zero-order chi connectivity index (χ0) is 60.7. The molecule has 4 aliphatic rings. The molecule has 0 aromatic heterocycles. The standard InChI is InChI=1S/C53H93N7O20/c1-48(2,3)76-43(66)55-21-20-29(61)23-54-24-30-18-19-31(57-44(67)77-49(4,5)6)41(73-30)74-38-33(58-45(68)78-50(7,8)9)22-32(56-40(65)34(62)28-25-60(26-28)47(70)80-52(13,14)15)37(35(38)63)75-42-36(64)39(53(16,71)27-72-42)59(17)46(69)79-51(10,11)12/h18,28-29,31-39,41-42,54,61-64,71H,19-27H2,1-17H3,(H,55,66)(H,56,65)(H,57,67)(H,58,68)/t29?,31-,32-,33+,34?,35-,36-,37+,38-,39-,41-,42-,53+/m1/s1. The third-order valence-corrected chi connectivity index (χ3v) is 12.5. The zero-order valence-electron chi connectivity index (χ0n) is 49.7. The molecule has 0 aromatic rings. The van der Waals surface area contributed by atoms with Crippen molar-refractivity contribution in [1.82, 2.24) is 36.4 Å². The van der Waals surface area contributed by atoms with Crippen molar-refractivity contribution in [2.45, 2.75) is 237 Å². The monoisotopic (exact) mass is 1150 g/mol. The van der Waals surface area contributed by atoms with Gasteiger partial charge < -0.3 is 105 Å². The Kier molecular flexibility index (Phi) is 22.7. The maximum absolute atomic E-state index is 14.2. The number of likely N-dealkylation sites (tertiary alicyclic amines) is 1. The second-order valence-electron chi connectivity index (χ2n) is 26.1. The van der Waals surface area contributed by atoms with Crippen molar-refractivity contribution in [3.05, 3.63) is 11.8 Å². The van der Waals surface area contributed by atoms with E-state index in [4.69, 9.17) is 42.6 Å². The van der Waals surface area contributed by atoms with E-state index in [0.29, 0.717) is 0 Å². The van der Waals surface area contributed by atoms with Crippen LogP contribution in [0.3, 0.4) is 0 Å². The predicted octanol–water partition coefficient (Wildman–Crippen LogP) is 2.22. The lowest BCUT2D eigenvalue weighted by atomic mass is 9.82. The van der Waals surface area contributed by atoms with Crippen LogP contribution >= 0.6 is 0 Å². The molecular weight excluding hydrogens is 1050 g/mol. The van der Waals surface area contributed by atoms with Gasteiger partial charge in [-0.25, -0.2) is 24.0 Å². The van der Waals surface area contributed by atoms with Gasteiger partial charge in [-0.3, -0.25) is 4.79 Å². The fraction of sp³-hybridized carbons (Fsp3) is 0.849. The zero-order valence-corrected chi connectivity index (χ0v) is 49.7. The van der Waals surface area contributed by atoms with Crippen LogP contribution in [0.5, 0.6) is 0 Å². The summed E-state index contributed by atoms with van der Waals surface area (Å²) >= 11 is 0. The van der Waals surface area contributed by atoms with Crippen LogP contribution in [-0.4, -0.2) is 225 Å². The smallest absolute Gasteiger partial charge is 0.410 e. The van der Waals surface area contributed by atoms with E-state index >= 15 is 0 Å². The number of amides is 6. The van der Waals surface area contributed by atoms with Crippen LogP contribution in [0.4, 0.5) is 24.0 Å². The normalized spacial score (nSPS) is 28.5. The number of carbonyl (C=O) groups is 6. The molecule has 460 valence electrons. The topological polar surface area (TPSA) is 353 Å². The quantitative estimate of drug-likeness (QED) is 0.0934. The van der Waals surface area contributed by atoms with E-state index in [-0.39, 0.29) is 57.7 Å². The summed E-state index contributed by atoms with van der Waals surface area (Å²) in [5.74, 6) is -1.44. The summed E-state index contributed by atoms with van der Waals surface area (Å²) in [6, 6.07) is -5.16. The van der Waals surface area contributed by atoms with Gasteiger partial charge in [0.25, 0.3) is 0 Å². The lowest BCUT2D eigenvalue weighted by molar-refractivity contribution is -0.311. The molecule has 0 spiro atoms. The highest BCUT2D eigenvalue weighted by atomic mass is 16.7. The van der Waals surface area contributed by atoms with Gasteiger partial charge in [0.2, 0.25) is 12.2 Å². The summed E-state index contributed by atoms with van der Waals surface area (Å²) in [5, 5.41) is 72.4. The Morgan fingerprint density at radius 2 is 1.21 bits per heavy atom. The first kappa shape index (κ1) is 67.5. The van der Waals surface area contributed by atoms with Crippen LogP contribution in [0.25, 0.3) is 0 Å². The molecule has 2 unspecified atom stereocenters. The maximum atomic E-state index is 14.2. The molecule has 13 atom stereocenters. The van der Waals surface area contributed by atoms with Crippen LogP contribution < -0.4 is 26.6 Å². The lowest BCUT2D eigenvalue weighted by Crippen LogP contribution is -2.71. The second kappa shape index (κ2) is 26.9. The highest BCUT2D eigenvalue weighted by molar-refractivity contribution is 5.82. The van der Waals surface area contributed by atoms with E-state index in [9.17, 15) is 54.3 Å². The molecule has 3 aliphatic heterocycles. The fourth-order valence-electron chi connectivity index (χ4n) is 9.03. The van der Waals surface area contributed by atoms with Crippen LogP contribution in [-0.2, 0) is 47.4 Å². The molecule has 0 radical (unpaired) electrons. The molecule has 80 heavy (non-hydrogen) atoms. The number of aliphatic hydroxyl groups is 5. The van der Waals surface area contributed by atoms with Crippen molar-refractivity contribution in [2.75, 3.05) is 46.4 Å². The highest BCUT2D eigenvalue weighted by Gasteiger charge is 2.55. The van der Waals surface area contributed by atoms with E-state index in [1.165, 1.54) is 18.9 Å². The van der Waals surface area contributed by atoms with Crippen molar-refractivity contribution in [3.63, 3.8) is 0 Å². The maximum Gasteiger partial charge on any atom is 0.410 e. The van der Waals surface area contributed by atoms with Gasteiger partial charge in [-0.2, -0.15) is 0 Å². The highest BCUT2D eigenvalue weighted by Crippen LogP contribution is 2.35. The van der Waals surface area contributed by atoms with Crippen molar-refractivity contribution in [1.29, 1.82) is 0 Å². The summed E-state index contributed by atoms with van der Waals surface area (Å²) in [4.78, 5) is 81.8. The molecule has 0 bridgehead atoms. The Bertz CT molecular complexity index is 2140. The molecule has 4 rings (SSSR count). The van der Waals surface area contributed by atoms with Gasteiger partial charge >= 0.3 is 30.5 Å². The van der Waals surface area contributed by atoms with E-state index in [0.717, 1.165) is 4.90 Å². The average Bonchev–Trinajstić information content (AvgIpc) is 3.23. The molecular formula is C53H93N7O20. The molecule has 2 saturated heterocycles. The van der Waals surface area contributed by atoms with Gasteiger partial charge in [-0.1, -0.05) is 0 Å². The Hall–Kier alpha value is -5.00. The van der Waals surface area contributed by atoms with Crippen molar-refractivity contribution in [2.24, 2.45) is 5.92 Å². The number of hydrogen-bond donors (Lipinski definition) is 10. The number of likely N-dealkylation sites (N-methyl/N-ethyl adjacent to an activating group) is 1. The first-order valence-corrected chi connectivity index (χ1v) is 27.1. The Balaban J connectivity index is 1.71. The molecule has 27 nitrogen and oxygen atoms in total. The van der Waals surface area contributed by atoms with Crippen molar-refractivity contribution < 1.29 is 96.9 Å². The lowest BCUT2D eigenvalue weighted by Gasteiger charge is -2.50. The van der Waals surface area contributed by atoms with Gasteiger partial charge in [0.15, 0.2) is 6.29 Å². The summed E-state index contributed by atoms with van der Waals surface area (Å²) in [5.41, 5.74) is -6.34. The number of carbonyl (C=O) groups excluding carboxylic acids is 6. The van der Waals surface area contributed by atoms with Crippen LogP contribution in [0.15, 0.2) is 11.8 Å². The molecule has 1 saturated carbocycles. The molecule has 6 amide bonds. The van der Waals surface area contributed by atoms with E-state index in [2.05, 4.69) is 26.6 Å². The molecule has 0 aromatic carbocycles. The van der Waals surface area contributed by atoms with Gasteiger partial charge in [-0.15, -0.1) is 0 Å². The van der Waals surface area contributed by atoms with Crippen molar-refractivity contribution >= 4 is 36.4 Å². The summed E-state index contributed by atoms with van der Waals surface area (Å²) in [6.45, 7) is 26.0. The Morgan fingerprint density at radius 1 is 0.713 bits per heavy atom. The third-order valence-electron chi connectivity index (χ3n) is 12.5. The molecule has 3 heterocycles. The summed E-state index contributed by atoms with van der Waals surface area (Å²) in [6.07, 6.45) is -15.4. The van der Waals surface area contributed by atoms with Crippen LogP contribution in [0.1, 0.15) is 130 Å². The molecule has 1 aliphatic carbocycles. The Morgan fingerprint density at radius 3 is 1.75 bits per heavy atom. The minimum Gasteiger partial charge on any atom is -0.466 e. The fourth-order valence-corrected chi connectivity index (χ4v) is 9.03. The number of aliphatic hydroxyl groups excluding tert-OH is 4.